The molecule has 0 atom stereocenters. The van der Waals surface area contributed by atoms with Crippen LogP contribution in [0, 0.1) is 6.92 Å². The number of benzene rings is 3. The number of anilines is 1. The number of alkyl halides is 6. The van der Waals surface area contributed by atoms with Gasteiger partial charge in [0.2, 0.25) is 15.9 Å². The molecule has 13 heteroatoms. The molecule has 0 saturated carbocycles. The predicted molar refractivity (Wildman–Crippen MR) is 127 cm³/mol. The monoisotopic (exact) mass is 560 g/mol. The highest BCUT2D eigenvalue weighted by atomic mass is 32.2. The second-order valence-electron chi connectivity index (χ2n) is 8.23. The Bertz CT molecular complexity index is 1380. The largest absolute Gasteiger partial charge is 0.496 e. The maximum atomic E-state index is 13.5. The van der Waals surface area contributed by atoms with Gasteiger partial charge in [-0.3, -0.25) is 4.79 Å². The number of nitrogens with one attached hydrogen (secondary N) is 1. The molecule has 1 amide bonds. The van der Waals surface area contributed by atoms with E-state index in [2.05, 4.69) is 0 Å². The first-order valence-electron chi connectivity index (χ1n) is 10.9. The van der Waals surface area contributed by atoms with Crippen LogP contribution in [0.25, 0.3) is 0 Å². The highest BCUT2D eigenvalue weighted by Crippen LogP contribution is 2.37. The third kappa shape index (κ3) is 7.04. The fourth-order valence-corrected chi connectivity index (χ4v) is 5.03. The molecule has 0 bridgehead atoms. The van der Waals surface area contributed by atoms with Gasteiger partial charge in [-0.25, -0.2) is 8.42 Å². The van der Waals surface area contributed by atoms with E-state index in [1.165, 1.54) is 25.3 Å². The van der Waals surface area contributed by atoms with Crippen LogP contribution >= 0.6 is 0 Å². The van der Waals surface area contributed by atoms with Gasteiger partial charge in [0.05, 0.1) is 29.7 Å². The molecule has 0 aliphatic heterocycles. The number of rotatable bonds is 8. The van der Waals surface area contributed by atoms with Crippen LogP contribution in [0.1, 0.15) is 22.3 Å². The molecule has 0 radical (unpaired) electrons. The molecule has 3 aromatic carbocycles. The number of amides is 1. The average Bonchev–Trinajstić information content (AvgIpc) is 2.83. The zero-order valence-corrected chi connectivity index (χ0v) is 20.8. The molecule has 38 heavy (non-hydrogen) atoms. The van der Waals surface area contributed by atoms with Gasteiger partial charge in [0.25, 0.3) is 0 Å². The fourth-order valence-electron chi connectivity index (χ4n) is 3.56. The number of halogens is 6. The van der Waals surface area contributed by atoms with Gasteiger partial charge in [-0.05, 0) is 54.4 Å². The molecule has 0 aromatic heterocycles. The van der Waals surface area contributed by atoms with Crippen molar-refractivity contribution in [3.63, 3.8) is 0 Å². The summed E-state index contributed by atoms with van der Waals surface area (Å²) in [5.74, 6) is -0.719. The Kier molecular flexibility index (Phi) is 8.42. The molecule has 3 aromatic rings. The van der Waals surface area contributed by atoms with Crippen molar-refractivity contribution < 1.29 is 44.3 Å². The van der Waals surface area contributed by atoms with Crippen LogP contribution in [-0.4, -0.2) is 32.3 Å². The fraction of sp³-hybridized carbons (Fsp3) is 0.240. The predicted octanol–water partition coefficient (Wildman–Crippen LogP) is 5.87. The standard InChI is InChI=1S/C25H22F6N2O4S/c1-16-10-21(8-9-22(16)37-2)38(35,36)33(14-17-6-4-3-5-7-17)15-23(34)32-20-12-18(24(26,27)28)11-19(13-20)25(29,30)31/h3-13H,14-15H2,1-2H3,(H,32,34). The normalized spacial score (nSPS) is 12.4. The molecule has 0 unspecified atom stereocenters. The summed E-state index contributed by atoms with van der Waals surface area (Å²) in [4.78, 5) is 12.6. The summed E-state index contributed by atoms with van der Waals surface area (Å²) < 4.78 is 112. The quantitative estimate of drug-likeness (QED) is 0.350. The molecular weight excluding hydrogens is 538 g/mol. The molecule has 3 rings (SSSR count). The van der Waals surface area contributed by atoms with E-state index in [9.17, 15) is 39.6 Å². The van der Waals surface area contributed by atoms with Crippen LogP contribution in [-0.2, 0) is 33.7 Å². The van der Waals surface area contributed by atoms with Crippen molar-refractivity contribution in [1.29, 1.82) is 0 Å². The number of ether oxygens (including phenoxy) is 1. The lowest BCUT2D eigenvalue weighted by atomic mass is 10.1. The molecule has 204 valence electrons. The van der Waals surface area contributed by atoms with Gasteiger partial charge >= 0.3 is 12.4 Å². The molecular formula is C25H22F6N2O4S. The molecule has 0 aliphatic rings. The summed E-state index contributed by atoms with van der Waals surface area (Å²) in [7, 11) is -2.94. The molecule has 1 N–H and O–H groups in total. The average molecular weight is 561 g/mol. The number of carbonyl (C=O) groups excluding carboxylic acids is 1. The Morgan fingerprint density at radius 3 is 1.97 bits per heavy atom. The summed E-state index contributed by atoms with van der Waals surface area (Å²) in [6.07, 6.45) is -10.2. The second kappa shape index (κ2) is 11.0. The summed E-state index contributed by atoms with van der Waals surface area (Å²) in [5.41, 5.74) is -3.04. The van der Waals surface area contributed by atoms with Gasteiger partial charge in [0.15, 0.2) is 0 Å². The van der Waals surface area contributed by atoms with Crippen molar-refractivity contribution in [2.24, 2.45) is 0 Å². The molecule has 0 heterocycles. The zero-order valence-electron chi connectivity index (χ0n) is 20.0. The van der Waals surface area contributed by atoms with Crippen molar-refractivity contribution >= 4 is 21.6 Å². The van der Waals surface area contributed by atoms with Crippen molar-refractivity contribution in [3.8, 4) is 5.75 Å². The molecule has 0 fully saturated rings. The highest BCUT2D eigenvalue weighted by Gasteiger charge is 2.37. The molecule has 0 spiro atoms. The second-order valence-corrected chi connectivity index (χ2v) is 10.2. The van der Waals surface area contributed by atoms with Crippen LogP contribution in [0.4, 0.5) is 32.0 Å². The van der Waals surface area contributed by atoms with E-state index >= 15 is 0 Å². The van der Waals surface area contributed by atoms with E-state index in [1.807, 2.05) is 5.32 Å². The summed E-state index contributed by atoms with van der Waals surface area (Å²) in [6, 6.07) is 12.8. The first-order chi connectivity index (χ1) is 17.6. The van der Waals surface area contributed by atoms with Crippen LogP contribution in [0.15, 0.2) is 71.6 Å². The Hall–Kier alpha value is -3.58. The number of sulfonamides is 1. The van der Waals surface area contributed by atoms with Crippen molar-refractivity contribution in [1.82, 2.24) is 4.31 Å². The Balaban J connectivity index is 1.96. The van der Waals surface area contributed by atoms with Crippen molar-refractivity contribution in [3.05, 3.63) is 89.0 Å². The van der Waals surface area contributed by atoms with E-state index in [-0.39, 0.29) is 17.5 Å². The number of hydrogen-bond donors (Lipinski definition) is 1. The van der Waals surface area contributed by atoms with E-state index in [0.29, 0.717) is 29.0 Å². The maximum absolute atomic E-state index is 13.5. The Labute approximate surface area is 214 Å². The van der Waals surface area contributed by atoms with Crippen LogP contribution < -0.4 is 10.1 Å². The maximum Gasteiger partial charge on any atom is 0.416 e. The highest BCUT2D eigenvalue weighted by molar-refractivity contribution is 7.89. The van der Waals surface area contributed by atoms with Crippen molar-refractivity contribution in [2.75, 3.05) is 19.0 Å². The number of aryl methyl sites for hydroxylation is 1. The minimum absolute atomic E-state index is 0.0756. The minimum atomic E-state index is -5.12. The number of hydrogen-bond acceptors (Lipinski definition) is 4. The molecule has 0 aliphatic carbocycles. The van der Waals surface area contributed by atoms with Gasteiger partial charge in [-0.1, -0.05) is 30.3 Å². The van der Waals surface area contributed by atoms with Crippen molar-refractivity contribution in [2.45, 2.75) is 30.7 Å². The summed E-state index contributed by atoms with van der Waals surface area (Å²) in [5, 5.41) is 1.97. The molecule has 0 saturated heterocycles. The van der Waals surface area contributed by atoms with Crippen LogP contribution in [0.2, 0.25) is 0 Å². The van der Waals surface area contributed by atoms with Gasteiger partial charge in [0, 0.05) is 12.2 Å². The first kappa shape index (κ1) is 29.0. The molecule has 6 nitrogen and oxygen atoms in total. The Morgan fingerprint density at radius 2 is 1.47 bits per heavy atom. The van der Waals surface area contributed by atoms with Gasteiger partial charge in [0.1, 0.15) is 5.75 Å². The lowest BCUT2D eigenvalue weighted by Gasteiger charge is -2.23. The van der Waals surface area contributed by atoms with E-state index in [4.69, 9.17) is 4.74 Å². The third-order valence-corrected chi connectivity index (χ3v) is 7.18. The van der Waals surface area contributed by atoms with E-state index in [1.54, 1.807) is 37.3 Å². The minimum Gasteiger partial charge on any atom is -0.496 e. The third-order valence-electron chi connectivity index (χ3n) is 5.40. The van der Waals surface area contributed by atoms with Crippen LogP contribution in [0.5, 0.6) is 5.75 Å². The number of nitrogens with zero attached hydrogens (tertiary/aromatic N) is 1. The summed E-state index contributed by atoms with van der Waals surface area (Å²) >= 11 is 0. The van der Waals surface area contributed by atoms with Crippen LogP contribution in [0.3, 0.4) is 0 Å². The lowest BCUT2D eigenvalue weighted by molar-refractivity contribution is -0.143. The SMILES string of the molecule is COc1ccc(S(=O)(=O)N(CC(=O)Nc2cc(C(F)(F)F)cc(C(F)(F)F)c2)Cc2ccccc2)cc1C. The smallest absolute Gasteiger partial charge is 0.416 e. The van der Waals surface area contributed by atoms with E-state index in [0.717, 1.165) is 4.31 Å². The van der Waals surface area contributed by atoms with Gasteiger partial charge in [-0.2, -0.15) is 30.6 Å². The Morgan fingerprint density at radius 1 is 0.895 bits per heavy atom. The van der Waals surface area contributed by atoms with E-state index < -0.39 is 51.6 Å². The van der Waals surface area contributed by atoms with Gasteiger partial charge < -0.3 is 10.1 Å². The number of carbonyl (C=O) groups is 1. The summed E-state index contributed by atoms with van der Waals surface area (Å²) in [6.45, 7) is 0.427. The lowest BCUT2D eigenvalue weighted by Crippen LogP contribution is -2.37. The first-order valence-corrected chi connectivity index (χ1v) is 12.3. The number of methoxy groups -OCH3 is 1. The topological polar surface area (TPSA) is 75.7 Å². The van der Waals surface area contributed by atoms with Gasteiger partial charge in [-0.15, -0.1) is 0 Å². The zero-order chi connectivity index (χ0) is 28.3.